The van der Waals surface area contributed by atoms with Gasteiger partial charge in [-0.25, -0.2) is 9.18 Å². The third-order valence-electron chi connectivity index (χ3n) is 4.57. The second-order valence-electron chi connectivity index (χ2n) is 6.67. The summed E-state index contributed by atoms with van der Waals surface area (Å²) in [6.07, 6.45) is 2.49. The molecule has 152 valence electrons. The number of aryl methyl sites for hydroxylation is 1. The van der Waals surface area contributed by atoms with Crippen LogP contribution < -0.4 is 0 Å². The first-order chi connectivity index (χ1) is 14.5. The molecule has 5 heteroatoms. The molecule has 3 aromatic rings. The average Bonchev–Trinajstić information content (AvgIpc) is 2.77. The van der Waals surface area contributed by atoms with Gasteiger partial charge < -0.3 is 4.74 Å². The van der Waals surface area contributed by atoms with Crippen molar-refractivity contribution >= 4 is 35.0 Å². The van der Waals surface area contributed by atoms with E-state index >= 15 is 0 Å². The van der Waals surface area contributed by atoms with Crippen molar-refractivity contribution in [2.24, 2.45) is 0 Å². The molecule has 0 atom stereocenters. The predicted molar refractivity (Wildman–Crippen MR) is 117 cm³/mol. The number of carbonyl (C=O) groups excluding carboxylic acids is 2. The summed E-state index contributed by atoms with van der Waals surface area (Å²) in [5, 5.41) is 0.567. The van der Waals surface area contributed by atoms with Gasteiger partial charge in [-0.05, 0) is 53.5 Å². The van der Waals surface area contributed by atoms with Gasteiger partial charge in [0.05, 0.1) is 5.57 Å². The lowest BCUT2D eigenvalue weighted by Gasteiger charge is -2.09. The van der Waals surface area contributed by atoms with E-state index in [9.17, 15) is 14.0 Å². The monoisotopic (exact) mass is 422 g/mol. The molecule has 30 heavy (non-hydrogen) atoms. The normalized spacial score (nSPS) is 11.2. The van der Waals surface area contributed by atoms with E-state index in [0.717, 1.165) is 17.5 Å². The van der Waals surface area contributed by atoms with Crippen LogP contribution in [-0.2, 0) is 16.0 Å². The van der Waals surface area contributed by atoms with Crippen LogP contribution in [0.1, 0.15) is 34.0 Å². The molecule has 0 N–H and O–H groups in total. The Morgan fingerprint density at radius 2 is 1.50 bits per heavy atom. The fourth-order valence-electron chi connectivity index (χ4n) is 2.83. The maximum Gasteiger partial charge on any atom is 0.339 e. The van der Waals surface area contributed by atoms with Crippen molar-refractivity contribution in [2.45, 2.75) is 13.3 Å². The number of carbonyl (C=O) groups is 2. The number of benzene rings is 3. The van der Waals surface area contributed by atoms with E-state index in [1.165, 1.54) is 24.3 Å². The number of halogens is 2. The second kappa shape index (κ2) is 9.99. The lowest BCUT2D eigenvalue weighted by Crippen LogP contribution is -2.15. The van der Waals surface area contributed by atoms with Crippen molar-refractivity contribution in [1.29, 1.82) is 0 Å². The SMILES string of the molecule is CCc1ccc(C(=O)COC(=O)/C(=C/c2ccc(Cl)cc2)c2ccc(F)cc2)cc1. The maximum absolute atomic E-state index is 13.3. The molecule has 0 aliphatic carbocycles. The van der Waals surface area contributed by atoms with Gasteiger partial charge in [0.1, 0.15) is 5.82 Å². The topological polar surface area (TPSA) is 43.4 Å². The molecule has 0 fully saturated rings. The summed E-state index contributed by atoms with van der Waals surface area (Å²) in [4.78, 5) is 25.2. The molecule has 0 heterocycles. The summed E-state index contributed by atoms with van der Waals surface area (Å²) in [6, 6.07) is 19.6. The molecule has 3 rings (SSSR count). The predicted octanol–water partition coefficient (Wildman–Crippen LogP) is 6.01. The molecule has 3 aromatic carbocycles. The van der Waals surface area contributed by atoms with Crippen LogP contribution in [0.4, 0.5) is 4.39 Å². The van der Waals surface area contributed by atoms with Crippen molar-refractivity contribution in [3.63, 3.8) is 0 Å². The number of Topliss-reactive ketones (excluding diaryl/α,β-unsaturated/α-hetero) is 1. The fraction of sp³-hybridized carbons (Fsp3) is 0.120. The Bertz CT molecular complexity index is 1050. The van der Waals surface area contributed by atoms with Gasteiger partial charge >= 0.3 is 5.97 Å². The van der Waals surface area contributed by atoms with Crippen LogP contribution in [0.25, 0.3) is 11.6 Å². The van der Waals surface area contributed by atoms with E-state index in [2.05, 4.69) is 0 Å². The molecule has 0 bridgehead atoms. The summed E-state index contributed by atoms with van der Waals surface area (Å²) in [5.41, 5.74) is 3.01. The molecular weight excluding hydrogens is 403 g/mol. The van der Waals surface area contributed by atoms with Crippen LogP contribution in [0, 0.1) is 5.82 Å². The Labute approximate surface area is 179 Å². The number of rotatable bonds is 7. The zero-order valence-corrected chi connectivity index (χ0v) is 17.2. The highest BCUT2D eigenvalue weighted by molar-refractivity contribution is 6.30. The summed E-state index contributed by atoms with van der Waals surface area (Å²) >= 11 is 5.92. The average molecular weight is 423 g/mol. The van der Waals surface area contributed by atoms with E-state index in [4.69, 9.17) is 16.3 Å². The highest BCUT2D eigenvalue weighted by Crippen LogP contribution is 2.22. The van der Waals surface area contributed by atoms with Gasteiger partial charge in [0.2, 0.25) is 0 Å². The van der Waals surface area contributed by atoms with Gasteiger partial charge in [-0.1, -0.05) is 67.1 Å². The first-order valence-electron chi connectivity index (χ1n) is 9.48. The molecule has 0 aliphatic heterocycles. The first-order valence-corrected chi connectivity index (χ1v) is 9.86. The van der Waals surface area contributed by atoms with Gasteiger partial charge in [-0.2, -0.15) is 0 Å². The van der Waals surface area contributed by atoms with Gasteiger partial charge in [-0.3, -0.25) is 4.79 Å². The van der Waals surface area contributed by atoms with E-state index in [-0.39, 0.29) is 18.0 Å². The number of ether oxygens (including phenoxy) is 1. The summed E-state index contributed by atoms with van der Waals surface area (Å²) in [6.45, 7) is 1.64. The lowest BCUT2D eigenvalue weighted by molar-refractivity contribution is -0.135. The Hall–Kier alpha value is -3.24. The Kier molecular flexibility index (Phi) is 7.15. The quantitative estimate of drug-likeness (QED) is 0.203. The molecule has 3 nitrogen and oxygen atoms in total. The minimum Gasteiger partial charge on any atom is -0.454 e. The summed E-state index contributed by atoms with van der Waals surface area (Å²) in [5.74, 6) is -1.38. The van der Waals surface area contributed by atoms with Crippen LogP contribution in [0.15, 0.2) is 72.8 Å². The maximum atomic E-state index is 13.3. The third-order valence-corrected chi connectivity index (χ3v) is 4.83. The minimum atomic E-state index is -0.671. The first kappa shape index (κ1) is 21.5. The molecule has 0 aliphatic rings. The molecule has 0 radical (unpaired) electrons. The van der Waals surface area contributed by atoms with Crippen molar-refractivity contribution in [2.75, 3.05) is 6.61 Å². The minimum absolute atomic E-state index is 0.214. The van der Waals surface area contributed by atoms with Crippen LogP contribution >= 0.6 is 11.6 Å². The standard InChI is InChI=1S/C25H20ClFO3/c1-2-17-3-7-20(8-4-17)24(28)16-30-25(29)23(19-9-13-22(27)14-10-19)15-18-5-11-21(26)12-6-18/h3-15H,2,16H2,1H3/b23-15+. The third kappa shape index (κ3) is 5.65. The number of esters is 1. The molecule has 0 amide bonds. The smallest absolute Gasteiger partial charge is 0.339 e. The Morgan fingerprint density at radius 1 is 0.900 bits per heavy atom. The molecule has 0 unspecified atom stereocenters. The zero-order chi connectivity index (χ0) is 21.5. The number of hydrogen-bond acceptors (Lipinski definition) is 3. The van der Waals surface area contributed by atoms with E-state index in [1.54, 1.807) is 42.5 Å². The van der Waals surface area contributed by atoms with Crippen molar-refractivity contribution < 1.29 is 18.7 Å². The highest BCUT2D eigenvalue weighted by atomic mass is 35.5. The molecule has 0 saturated carbocycles. The van der Waals surface area contributed by atoms with Gasteiger partial charge in [0.15, 0.2) is 12.4 Å². The molecular formula is C25H20ClFO3. The van der Waals surface area contributed by atoms with Gasteiger partial charge in [0, 0.05) is 10.6 Å². The van der Waals surface area contributed by atoms with Crippen molar-refractivity contribution in [3.05, 3.63) is 106 Å². The highest BCUT2D eigenvalue weighted by Gasteiger charge is 2.17. The van der Waals surface area contributed by atoms with Crippen LogP contribution in [0.5, 0.6) is 0 Å². The van der Waals surface area contributed by atoms with Crippen LogP contribution in [-0.4, -0.2) is 18.4 Å². The Morgan fingerprint density at radius 3 is 2.10 bits per heavy atom. The van der Waals surface area contributed by atoms with E-state index < -0.39 is 11.8 Å². The summed E-state index contributed by atoms with van der Waals surface area (Å²) < 4.78 is 18.6. The zero-order valence-electron chi connectivity index (χ0n) is 16.4. The number of hydrogen-bond donors (Lipinski definition) is 0. The Balaban J connectivity index is 1.80. The summed E-state index contributed by atoms with van der Waals surface area (Å²) in [7, 11) is 0. The van der Waals surface area contributed by atoms with Crippen LogP contribution in [0.2, 0.25) is 5.02 Å². The largest absolute Gasteiger partial charge is 0.454 e. The fourth-order valence-corrected chi connectivity index (χ4v) is 2.96. The van der Waals surface area contributed by atoms with E-state index in [1.807, 2.05) is 19.1 Å². The van der Waals surface area contributed by atoms with Gasteiger partial charge in [0.25, 0.3) is 0 Å². The van der Waals surface area contributed by atoms with Crippen molar-refractivity contribution in [3.8, 4) is 0 Å². The van der Waals surface area contributed by atoms with E-state index in [0.29, 0.717) is 16.1 Å². The molecule has 0 spiro atoms. The second-order valence-corrected chi connectivity index (χ2v) is 7.10. The molecule has 0 saturated heterocycles. The number of ketones is 1. The van der Waals surface area contributed by atoms with Crippen LogP contribution in [0.3, 0.4) is 0 Å². The van der Waals surface area contributed by atoms with Crippen molar-refractivity contribution in [1.82, 2.24) is 0 Å². The molecule has 0 aromatic heterocycles. The van der Waals surface area contributed by atoms with Gasteiger partial charge in [-0.15, -0.1) is 0 Å². The lowest BCUT2D eigenvalue weighted by atomic mass is 10.0.